The lowest BCUT2D eigenvalue weighted by molar-refractivity contribution is 0.102. The summed E-state index contributed by atoms with van der Waals surface area (Å²) in [5.41, 5.74) is 0.698. The van der Waals surface area contributed by atoms with E-state index in [0.717, 1.165) is 6.07 Å². The van der Waals surface area contributed by atoms with Crippen molar-refractivity contribution < 1.29 is 13.6 Å². The third-order valence-electron chi connectivity index (χ3n) is 4.21. The molecule has 0 spiro atoms. The Morgan fingerprint density at radius 3 is 2.42 bits per heavy atom. The Morgan fingerprint density at radius 1 is 1.00 bits per heavy atom. The van der Waals surface area contributed by atoms with E-state index >= 15 is 0 Å². The van der Waals surface area contributed by atoms with Gasteiger partial charge in [0, 0.05) is 10.0 Å². The summed E-state index contributed by atoms with van der Waals surface area (Å²) in [6.45, 7) is 0. The molecule has 11 heteroatoms. The molecular formula is C20H10BrCl2F2N5O. The Bertz CT molecular complexity index is 1300. The molecule has 0 atom stereocenters. The van der Waals surface area contributed by atoms with Crippen molar-refractivity contribution in [2.45, 2.75) is 0 Å². The molecule has 2 aromatic carbocycles. The molecule has 0 aliphatic carbocycles. The van der Waals surface area contributed by atoms with Crippen molar-refractivity contribution in [3.8, 4) is 16.9 Å². The first-order valence-electron chi connectivity index (χ1n) is 8.61. The fraction of sp³-hybridized carbons (Fsp3) is 0. The minimum absolute atomic E-state index is 0.0153. The second-order valence-corrected chi connectivity index (χ2v) is 7.91. The minimum atomic E-state index is -0.696. The summed E-state index contributed by atoms with van der Waals surface area (Å²) in [5.74, 6) is -1.54. The van der Waals surface area contributed by atoms with Crippen LogP contribution in [0.15, 0.2) is 59.5 Å². The smallest absolute Gasteiger partial charge is 0.257 e. The van der Waals surface area contributed by atoms with E-state index in [9.17, 15) is 13.6 Å². The highest BCUT2D eigenvalue weighted by atomic mass is 79.9. The van der Waals surface area contributed by atoms with Crippen LogP contribution in [0.3, 0.4) is 0 Å². The Morgan fingerprint density at radius 2 is 1.74 bits per heavy atom. The SMILES string of the molecule is O=C(Nc1cnc(-n2nccn2)c(Cl)c1)c1cc(F)c(-c2ccc(F)cc2Br)cc1Cl. The Kier molecular flexibility index (Phi) is 5.99. The molecule has 6 nitrogen and oxygen atoms in total. The van der Waals surface area contributed by atoms with Gasteiger partial charge >= 0.3 is 0 Å². The van der Waals surface area contributed by atoms with Gasteiger partial charge < -0.3 is 5.32 Å². The van der Waals surface area contributed by atoms with E-state index in [1.54, 1.807) is 0 Å². The molecule has 0 unspecified atom stereocenters. The van der Waals surface area contributed by atoms with E-state index < -0.39 is 17.5 Å². The zero-order chi connectivity index (χ0) is 22.1. The van der Waals surface area contributed by atoms with Gasteiger partial charge in [-0.15, -0.1) is 4.80 Å². The van der Waals surface area contributed by atoms with Gasteiger partial charge in [0.15, 0.2) is 5.82 Å². The zero-order valence-electron chi connectivity index (χ0n) is 15.3. The number of halogens is 5. The summed E-state index contributed by atoms with van der Waals surface area (Å²) in [5, 5.41) is 10.7. The number of hydrogen-bond acceptors (Lipinski definition) is 4. The fourth-order valence-corrected chi connectivity index (χ4v) is 3.86. The van der Waals surface area contributed by atoms with E-state index in [2.05, 4.69) is 36.4 Å². The van der Waals surface area contributed by atoms with E-state index in [4.69, 9.17) is 23.2 Å². The number of nitrogens with zero attached hydrogens (tertiary/aromatic N) is 4. The third-order valence-corrected chi connectivity index (χ3v) is 5.46. The van der Waals surface area contributed by atoms with Crippen LogP contribution in [0.2, 0.25) is 10.0 Å². The van der Waals surface area contributed by atoms with Gasteiger partial charge in [0.2, 0.25) is 0 Å². The predicted molar refractivity (Wildman–Crippen MR) is 117 cm³/mol. The third kappa shape index (κ3) is 4.43. The number of anilines is 1. The molecule has 1 N–H and O–H groups in total. The molecule has 0 saturated heterocycles. The van der Waals surface area contributed by atoms with Crippen LogP contribution >= 0.6 is 39.1 Å². The number of benzene rings is 2. The van der Waals surface area contributed by atoms with Crippen LogP contribution < -0.4 is 5.32 Å². The Balaban J connectivity index is 1.61. The van der Waals surface area contributed by atoms with Gasteiger partial charge in [-0.3, -0.25) is 4.79 Å². The Hall–Kier alpha value is -2.88. The maximum Gasteiger partial charge on any atom is 0.257 e. The van der Waals surface area contributed by atoms with E-state index in [1.807, 2.05) is 0 Å². The monoisotopic (exact) mass is 523 g/mol. The molecule has 156 valence electrons. The van der Waals surface area contributed by atoms with Crippen molar-refractivity contribution in [2.75, 3.05) is 5.32 Å². The highest BCUT2D eigenvalue weighted by Gasteiger charge is 2.18. The average molecular weight is 525 g/mol. The molecule has 0 aliphatic rings. The van der Waals surface area contributed by atoms with Crippen molar-refractivity contribution in [3.05, 3.63) is 86.7 Å². The summed E-state index contributed by atoms with van der Waals surface area (Å²) < 4.78 is 28.4. The molecule has 0 fully saturated rings. The second kappa shape index (κ2) is 8.70. The van der Waals surface area contributed by atoms with Crippen LogP contribution in [-0.2, 0) is 0 Å². The number of carbonyl (C=O) groups excluding carboxylic acids is 1. The van der Waals surface area contributed by atoms with Gasteiger partial charge in [0.25, 0.3) is 5.91 Å². The highest BCUT2D eigenvalue weighted by molar-refractivity contribution is 9.10. The summed E-state index contributed by atoms with van der Waals surface area (Å²) in [6, 6.07) is 7.61. The van der Waals surface area contributed by atoms with Gasteiger partial charge in [-0.2, -0.15) is 10.2 Å². The lowest BCUT2D eigenvalue weighted by Gasteiger charge is -2.12. The van der Waals surface area contributed by atoms with Crippen molar-refractivity contribution in [2.24, 2.45) is 0 Å². The number of hydrogen-bond donors (Lipinski definition) is 1. The Labute approximate surface area is 192 Å². The van der Waals surface area contributed by atoms with Crippen molar-refractivity contribution in [3.63, 3.8) is 0 Å². The molecule has 2 aromatic heterocycles. The standard InChI is InChI=1S/C20H10BrCl2F2N5O/c21-15-5-10(24)1-2-12(15)13-7-16(22)14(8-18(13)25)20(31)29-11-6-17(23)19(26-9-11)30-27-3-4-28-30/h1-9H,(H,29,31). The fourth-order valence-electron chi connectivity index (χ4n) is 2.80. The maximum absolute atomic E-state index is 14.8. The van der Waals surface area contributed by atoms with Crippen LogP contribution in [0, 0.1) is 11.6 Å². The first kappa shape index (κ1) is 21.4. The molecule has 1 amide bonds. The highest BCUT2D eigenvalue weighted by Crippen LogP contribution is 2.34. The summed E-state index contributed by atoms with van der Waals surface area (Å²) in [4.78, 5) is 18.0. The van der Waals surface area contributed by atoms with E-state index in [0.29, 0.717) is 10.0 Å². The van der Waals surface area contributed by atoms with Crippen LogP contribution in [0.1, 0.15) is 10.4 Å². The first-order chi connectivity index (χ1) is 14.8. The normalized spacial score (nSPS) is 10.9. The quantitative estimate of drug-likeness (QED) is 0.359. The predicted octanol–water partition coefficient (Wildman–Crippen LogP) is 5.93. The van der Waals surface area contributed by atoms with Crippen LogP contribution in [0.25, 0.3) is 16.9 Å². The minimum Gasteiger partial charge on any atom is -0.320 e. The van der Waals surface area contributed by atoms with Gasteiger partial charge in [0.05, 0.1) is 39.9 Å². The number of rotatable bonds is 4. The van der Waals surface area contributed by atoms with Crippen molar-refractivity contribution in [1.29, 1.82) is 0 Å². The molecule has 0 radical (unpaired) electrons. The second-order valence-electron chi connectivity index (χ2n) is 6.24. The first-order valence-corrected chi connectivity index (χ1v) is 10.2. The maximum atomic E-state index is 14.8. The lowest BCUT2D eigenvalue weighted by Crippen LogP contribution is -2.14. The number of carbonyl (C=O) groups is 1. The van der Waals surface area contributed by atoms with Gasteiger partial charge in [-0.05, 0) is 35.9 Å². The van der Waals surface area contributed by atoms with Crippen LogP contribution in [0.5, 0.6) is 0 Å². The molecule has 2 heterocycles. The van der Waals surface area contributed by atoms with Gasteiger partial charge in [-0.1, -0.05) is 45.2 Å². The molecule has 4 aromatic rings. The van der Waals surface area contributed by atoms with E-state index in [-0.39, 0.29) is 32.7 Å². The average Bonchev–Trinajstić information content (AvgIpc) is 3.24. The molecule has 0 bridgehead atoms. The van der Waals surface area contributed by atoms with Crippen LogP contribution in [0.4, 0.5) is 14.5 Å². The molecule has 0 aliphatic heterocycles. The molecule has 4 rings (SSSR count). The number of amides is 1. The van der Waals surface area contributed by atoms with Gasteiger partial charge in [-0.25, -0.2) is 13.8 Å². The number of nitrogens with one attached hydrogen (secondary N) is 1. The van der Waals surface area contributed by atoms with E-state index in [1.165, 1.54) is 53.7 Å². The lowest BCUT2D eigenvalue weighted by atomic mass is 10.0. The number of aromatic nitrogens is 4. The molecule has 31 heavy (non-hydrogen) atoms. The topological polar surface area (TPSA) is 72.7 Å². The summed E-state index contributed by atoms with van der Waals surface area (Å²) in [7, 11) is 0. The molecule has 0 saturated carbocycles. The van der Waals surface area contributed by atoms with Crippen LogP contribution in [-0.4, -0.2) is 25.9 Å². The zero-order valence-corrected chi connectivity index (χ0v) is 18.4. The molecular weight excluding hydrogens is 515 g/mol. The van der Waals surface area contributed by atoms with Crippen molar-refractivity contribution >= 4 is 50.7 Å². The summed E-state index contributed by atoms with van der Waals surface area (Å²) >= 11 is 15.6. The number of pyridine rings is 1. The van der Waals surface area contributed by atoms with Crippen molar-refractivity contribution in [1.82, 2.24) is 20.0 Å². The largest absolute Gasteiger partial charge is 0.320 e. The van der Waals surface area contributed by atoms with Gasteiger partial charge in [0.1, 0.15) is 11.6 Å². The summed E-state index contributed by atoms with van der Waals surface area (Å²) in [6.07, 6.45) is 4.30.